The molecule has 37 heavy (non-hydrogen) atoms. The topological polar surface area (TPSA) is 112 Å². The molecule has 0 aliphatic carbocycles. The molecule has 1 aliphatic heterocycles. The molecule has 0 amide bonds. The zero-order valence-corrected chi connectivity index (χ0v) is 23.1. The van der Waals surface area contributed by atoms with E-state index in [-0.39, 0.29) is 32.4 Å². The van der Waals surface area contributed by atoms with Gasteiger partial charge in [-0.2, -0.15) is 10.1 Å². The van der Waals surface area contributed by atoms with Crippen LogP contribution < -0.4 is 20.3 Å². The van der Waals surface area contributed by atoms with Crippen molar-refractivity contribution in [1.29, 1.82) is 0 Å². The number of halogens is 2. The highest BCUT2D eigenvalue weighted by Crippen LogP contribution is 2.36. The van der Waals surface area contributed by atoms with Crippen molar-refractivity contribution in [3.8, 4) is 5.75 Å². The van der Waals surface area contributed by atoms with Crippen LogP contribution in [-0.4, -0.2) is 62.2 Å². The predicted octanol–water partition coefficient (Wildman–Crippen LogP) is 5.16. The van der Waals surface area contributed by atoms with Gasteiger partial charge in [-0.15, -0.1) is 0 Å². The third-order valence-corrected chi connectivity index (χ3v) is 8.64. The van der Waals surface area contributed by atoms with Crippen LogP contribution in [0.5, 0.6) is 5.75 Å². The number of hydrazone groups is 1. The Hall–Kier alpha value is -3.28. The molecule has 4 rings (SSSR count). The highest BCUT2D eigenvalue weighted by Gasteiger charge is 2.26. The molecule has 0 saturated heterocycles. The summed E-state index contributed by atoms with van der Waals surface area (Å²) in [5.74, 6) is 1.03. The minimum Gasteiger partial charge on any atom is -0.494 e. The summed E-state index contributed by atoms with van der Waals surface area (Å²) in [7, 11) is -0.183. The molecule has 13 heteroatoms. The Morgan fingerprint density at radius 2 is 1.84 bits per heavy atom. The Morgan fingerprint density at radius 1 is 1.05 bits per heavy atom. The van der Waals surface area contributed by atoms with Crippen molar-refractivity contribution in [2.24, 2.45) is 5.10 Å². The second-order valence-corrected chi connectivity index (χ2v) is 11.8. The minimum absolute atomic E-state index is 0.0134. The molecule has 0 radical (unpaired) electrons. The molecule has 10 nitrogen and oxygen atoms in total. The van der Waals surface area contributed by atoms with Gasteiger partial charge < -0.3 is 20.3 Å². The van der Waals surface area contributed by atoms with Gasteiger partial charge in [0, 0.05) is 25.3 Å². The van der Waals surface area contributed by atoms with E-state index in [4.69, 9.17) is 27.9 Å². The van der Waals surface area contributed by atoms with Gasteiger partial charge in [0.05, 0.1) is 41.5 Å². The maximum atomic E-state index is 13.0. The van der Waals surface area contributed by atoms with Crippen LogP contribution in [0.2, 0.25) is 10.0 Å². The van der Waals surface area contributed by atoms with Gasteiger partial charge in [0.2, 0.25) is 5.95 Å². The van der Waals surface area contributed by atoms with E-state index in [1.807, 2.05) is 35.2 Å². The van der Waals surface area contributed by atoms with Crippen LogP contribution >= 0.6 is 23.2 Å². The normalized spacial score (nSPS) is 13.7. The van der Waals surface area contributed by atoms with Crippen LogP contribution in [0.4, 0.5) is 28.8 Å². The summed E-state index contributed by atoms with van der Waals surface area (Å²) in [5.41, 5.74) is 1.83. The number of ether oxygens (including phenoxy) is 1. The number of hydrogen-bond donors (Lipinski definition) is 2. The highest BCUT2D eigenvalue weighted by atomic mass is 35.5. The number of methoxy groups -OCH3 is 1. The molecule has 0 saturated carbocycles. The summed E-state index contributed by atoms with van der Waals surface area (Å²) < 4.78 is 31.5. The van der Waals surface area contributed by atoms with E-state index < -0.39 is 15.1 Å². The first kappa shape index (κ1) is 26.8. The minimum atomic E-state index is -3.68. The maximum Gasteiger partial charge on any atom is 0.229 e. The van der Waals surface area contributed by atoms with Gasteiger partial charge in [-0.3, -0.25) is 5.01 Å². The molecule has 1 aromatic heterocycles. The van der Waals surface area contributed by atoms with Crippen LogP contribution in [0.3, 0.4) is 0 Å². The Kier molecular flexibility index (Phi) is 7.96. The third-order valence-electron chi connectivity index (χ3n) is 5.69. The Bertz CT molecular complexity index is 1430. The lowest BCUT2D eigenvalue weighted by molar-refractivity contribution is 0.353. The second-order valence-electron chi connectivity index (χ2n) is 8.54. The van der Waals surface area contributed by atoms with Crippen LogP contribution in [0, 0.1) is 0 Å². The van der Waals surface area contributed by atoms with Gasteiger partial charge in [-0.1, -0.05) is 29.3 Å². The molecule has 0 unspecified atom stereocenters. The molecule has 0 bridgehead atoms. The summed E-state index contributed by atoms with van der Waals surface area (Å²) in [6.45, 7) is 4.79. The van der Waals surface area contributed by atoms with Crippen molar-refractivity contribution < 1.29 is 13.2 Å². The van der Waals surface area contributed by atoms with Crippen LogP contribution in [0.1, 0.15) is 13.8 Å². The summed E-state index contributed by atoms with van der Waals surface area (Å²) in [4.78, 5) is 10.7. The fraction of sp³-hybridized carbons (Fsp3) is 0.292. The van der Waals surface area contributed by atoms with Gasteiger partial charge >= 0.3 is 0 Å². The van der Waals surface area contributed by atoms with E-state index in [1.165, 1.54) is 12.3 Å². The summed E-state index contributed by atoms with van der Waals surface area (Å²) in [6, 6.07) is 10.5. The fourth-order valence-electron chi connectivity index (χ4n) is 3.57. The average Bonchev–Trinajstić information content (AvgIpc) is 2.86. The van der Waals surface area contributed by atoms with Crippen LogP contribution in [0.25, 0.3) is 0 Å². The molecule has 2 heterocycles. The highest BCUT2D eigenvalue weighted by molar-refractivity contribution is 7.92. The monoisotopic (exact) mass is 563 g/mol. The molecular weight excluding hydrogens is 537 g/mol. The SMILES string of the molecule is COc1cc(N2C=NN(C)CC2)ccc1Nc1ncc(Cl)c(Nc2cccc(Cl)c2S(=O)(=O)C(C)C)n1. The Morgan fingerprint density at radius 3 is 2.51 bits per heavy atom. The van der Waals surface area contributed by atoms with E-state index in [9.17, 15) is 8.42 Å². The molecule has 2 aromatic carbocycles. The first-order valence-electron chi connectivity index (χ1n) is 11.4. The predicted molar refractivity (Wildman–Crippen MR) is 149 cm³/mol. The Balaban J connectivity index is 1.62. The maximum absolute atomic E-state index is 13.0. The summed E-state index contributed by atoms with van der Waals surface area (Å²) >= 11 is 12.6. The fourth-order valence-corrected chi connectivity index (χ4v) is 5.44. The van der Waals surface area contributed by atoms with Crippen LogP contribution in [-0.2, 0) is 9.84 Å². The molecule has 0 fully saturated rings. The first-order chi connectivity index (χ1) is 17.6. The number of rotatable bonds is 8. The molecule has 2 N–H and O–H groups in total. The number of hydrogen-bond acceptors (Lipinski definition) is 10. The number of aromatic nitrogens is 2. The number of nitrogens with one attached hydrogen (secondary N) is 2. The average molecular weight is 564 g/mol. The number of sulfone groups is 1. The second kappa shape index (κ2) is 11.0. The van der Waals surface area contributed by atoms with E-state index in [0.29, 0.717) is 11.4 Å². The standard InChI is InChI=1S/C24H27Cl2N7O3S/c1-15(2)37(34,35)22-17(25)6-5-7-20(22)29-23-18(26)13-27-24(31-23)30-19-9-8-16(12-21(19)36-4)33-11-10-32(3)28-14-33/h5-9,12-15H,10-11H2,1-4H3,(H2,27,29,30,31). The van der Waals surface area contributed by atoms with Gasteiger partial charge in [-0.25, -0.2) is 13.4 Å². The van der Waals surface area contributed by atoms with Crippen molar-refractivity contribution >= 4 is 68.2 Å². The number of likely N-dealkylation sites (N-methyl/N-ethyl adjacent to an activating group) is 1. The Labute approximate surface area is 226 Å². The summed E-state index contributed by atoms with van der Waals surface area (Å²) in [5, 5.41) is 12.0. The molecular formula is C24H27Cl2N7O3S. The number of nitrogens with zero attached hydrogens (tertiary/aromatic N) is 5. The van der Waals surface area contributed by atoms with Crippen molar-refractivity contribution in [2.45, 2.75) is 24.0 Å². The number of benzene rings is 2. The molecule has 196 valence electrons. The lowest BCUT2D eigenvalue weighted by atomic mass is 10.2. The molecule has 0 spiro atoms. The lowest BCUT2D eigenvalue weighted by Gasteiger charge is -2.28. The zero-order valence-electron chi connectivity index (χ0n) is 20.7. The zero-order chi connectivity index (χ0) is 26.7. The molecule has 3 aromatic rings. The van der Waals surface area contributed by atoms with Gasteiger partial charge in [0.25, 0.3) is 0 Å². The third kappa shape index (κ3) is 5.84. The lowest BCUT2D eigenvalue weighted by Crippen LogP contribution is -2.35. The molecule has 1 aliphatic rings. The van der Waals surface area contributed by atoms with Crippen molar-refractivity contribution in [3.63, 3.8) is 0 Å². The van der Waals surface area contributed by atoms with E-state index in [0.717, 1.165) is 18.8 Å². The largest absolute Gasteiger partial charge is 0.494 e. The summed E-state index contributed by atoms with van der Waals surface area (Å²) in [6.07, 6.45) is 3.19. The van der Waals surface area contributed by atoms with E-state index in [1.54, 1.807) is 39.4 Å². The van der Waals surface area contributed by atoms with Gasteiger partial charge in [0.1, 0.15) is 22.0 Å². The van der Waals surface area contributed by atoms with Crippen molar-refractivity contribution in [1.82, 2.24) is 15.0 Å². The number of anilines is 5. The van der Waals surface area contributed by atoms with E-state index in [2.05, 4.69) is 25.7 Å². The first-order valence-corrected chi connectivity index (χ1v) is 13.7. The van der Waals surface area contributed by atoms with Gasteiger partial charge in [0.15, 0.2) is 15.7 Å². The van der Waals surface area contributed by atoms with Gasteiger partial charge in [-0.05, 0) is 38.1 Å². The van der Waals surface area contributed by atoms with Crippen molar-refractivity contribution in [2.75, 3.05) is 42.8 Å². The van der Waals surface area contributed by atoms with E-state index >= 15 is 0 Å². The molecule has 0 atom stereocenters. The quantitative estimate of drug-likeness (QED) is 0.383. The van der Waals surface area contributed by atoms with Crippen LogP contribution in [0.15, 0.2) is 52.6 Å². The van der Waals surface area contributed by atoms with Crippen molar-refractivity contribution in [3.05, 3.63) is 52.6 Å². The smallest absolute Gasteiger partial charge is 0.229 e.